The lowest BCUT2D eigenvalue weighted by Crippen LogP contribution is -2.45. The van der Waals surface area contributed by atoms with E-state index in [1.54, 1.807) is 0 Å². The molecule has 1 aromatic rings. The fourth-order valence-corrected chi connectivity index (χ4v) is 2.87. The average Bonchev–Trinajstić information content (AvgIpc) is 2.60. The first-order valence-electron chi connectivity index (χ1n) is 8.07. The van der Waals surface area contributed by atoms with Gasteiger partial charge in [-0.2, -0.15) is 10.5 Å². The Labute approximate surface area is 137 Å². The number of hydrogen-bond acceptors (Lipinski definition) is 4. The third-order valence-electron chi connectivity index (χ3n) is 4.22. The Morgan fingerprint density at radius 2 is 1.96 bits per heavy atom. The molecule has 1 saturated heterocycles. The van der Waals surface area contributed by atoms with E-state index in [9.17, 15) is 4.79 Å². The quantitative estimate of drug-likeness (QED) is 0.874. The van der Waals surface area contributed by atoms with E-state index >= 15 is 0 Å². The van der Waals surface area contributed by atoms with Crippen LogP contribution >= 0.6 is 0 Å². The second-order valence-corrected chi connectivity index (χ2v) is 5.94. The zero-order valence-electron chi connectivity index (χ0n) is 13.2. The van der Waals surface area contributed by atoms with Gasteiger partial charge in [-0.15, -0.1) is 0 Å². The first kappa shape index (κ1) is 17.0. The zero-order chi connectivity index (χ0) is 16.5. The molecule has 5 nitrogen and oxygen atoms in total. The van der Waals surface area contributed by atoms with Crippen molar-refractivity contribution in [1.82, 2.24) is 10.2 Å². The van der Waals surface area contributed by atoms with Crippen molar-refractivity contribution >= 4 is 5.91 Å². The van der Waals surface area contributed by atoms with Gasteiger partial charge in [0, 0.05) is 37.7 Å². The molecule has 120 valence electrons. The molecule has 0 spiro atoms. The number of benzene rings is 1. The number of nitriles is 2. The van der Waals surface area contributed by atoms with Gasteiger partial charge in [-0.25, -0.2) is 0 Å². The van der Waals surface area contributed by atoms with Crippen molar-refractivity contribution in [3.63, 3.8) is 0 Å². The molecule has 23 heavy (non-hydrogen) atoms. The minimum absolute atomic E-state index is 0.0204. The van der Waals surface area contributed by atoms with Crippen molar-refractivity contribution in [2.75, 3.05) is 19.6 Å². The molecule has 5 heteroatoms. The van der Waals surface area contributed by atoms with E-state index in [2.05, 4.69) is 22.4 Å². The average molecular weight is 310 g/mol. The summed E-state index contributed by atoms with van der Waals surface area (Å²) in [7, 11) is 0. The van der Waals surface area contributed by atoms with Crippen molar-refractivity contribution in [2.45, 2.75) is 31.7 Å². The van der Waals surface area contributed by atoms with Crippen LogP contribution in [0.5, 0.6) is 0 Å². The number of amides is 1. The summed E-state index contributed by atoms with van der Waals surface area (Å²) in [6.45, 7) is 2.48. The smallest absolute Gasteiger partial charge is 0.251 e. The van der Waals surface area contributed by atoms with Crippen LogP contribution in [0.15, 0.2) is 30.3 Å². The Bertz CT molecular complexity index is 579. The lowest BCUT2D eigenvalue weighted by Gasteiger charge is -2.33. The summed E-state index contributed by atoms with van der Waals surface area (Å²) in [5.41, 5.74) is 0.691. The van der Waals surface area contributed by atoms with E-state index in [-0.39, 0.29) is 17.9 Å². The zero-order valence-corrected chi connectivity index (χ0v) is 13.2. The molecule has 2 rings (SSSR count). The van der Waals surface area contributed by atoms with Crippen LogP contribution in [0.2, 0.25) is 0 Å². The second kappa shape index (κ2) is 8.92. The summed E-state index contributed by atoms with van der Waals surface area (Å²) in [4.78, 5) is 14.4. The molecule has 0 aromatic heterocycles. The SMILES string of the molecule is N#CCCC(C#N)CN1CCC(NC(=O)c2ccccc2)CC1. The van der Waals surface area contributed by atoms with Crippen molar-refractivity contribution in [3.8, 4) is 12.1 Å². The molecule has 1 aliphatic rings. The molecule has 0 aliphatic carbocycles. The fourth-order valence-electron chi connectivity index (χ4n) is 2.87. The van der Waals surface area contributed by atoms with Gasteiger partial charge in [-0.1, -0.05) is 18.2 Å². The number of carbonyl (C=O) groups excluding carboxylic acids is 1. The predicted molar refractivity (Wildman–Crippen MR) is 87.3 cm³/mol. The van der Waals surface area contributed by atoms with E-state index in [0.717, 1.165) is 32.5 Å². The number of carbonyl (C=O) groups is 1. The fraction of sp³-hybridized carbons (Fsp3) is 0.500. The minimum Gasteiger partial charge on any atom is -0.349 e. The highest BCUT2D eigenvalue weighted by Gasteiger charge is 2.23. The molecule has 0 radical (unpaired) electrons. The molecule has 1 aromatic carbocycles. The minimum atomic E-state index is -0.0786. The number of nitrogens with one attached hydrogen (secondary N) is 1. The highest BCUT2D eigenvalue weighted by atomic mass is 16.1. The monoisotopic (exact) mass is 310 g/mol. The Morgan fingerprint density at radius 1 is 1.26 bits per heavy atom. The van der Waals surface area contributed by atoms with Gasteiger partial charge in [-0.05, 0) is 31.4 Å². The van der Waals surface area contributed by atoms with Gasteiger partial charge in [0.15, 0.2) is 0 Å². The molecule has 1 unspecified atom stereocenters. The molecular weight excluding hydrogens is 288 g/mol. The second-order valence-electron chi connectivity index (χ2n) is 5.94. The standard InChI is InChI=1S/C18H22N4O/c19-10-4-5-15(13-20)14-22-11-8-17(9-12-22)21-18(23)16-6-2-1-3-7-16/h1-3,6-7,15,17H,4-5,8-9,11-12,14H2,(H,21,23). The van der Waals surface area contributed by atoms with Gasteiger partial charge < -0.3 is 10.2 Å². The number of piperidine rings is 1. The van der Waals surface area contributed by atoms with Gasteiger partial charge in [0.25, 0.3) is 5.91 Å². The van der Waals surface area contributed by atoms with Crippen molar-refractivity contribution < 1.29 is 4.79 Å². The molecule has 1 aliphatic heterocycles. The first-order valence-corrected chi connectivity index (χ1v) is 8.07. The van der Waals surface area contributed by atoms with Crippen LogP contribution in [0.4, 0.5) is 0 Å². The van der Waals surface area contributed by atoms with Gasteiger partial charge in [0.1, 0.15) is 0 Å². The van der Waals surface area contributed by atoms with Crippen LogP contribution in [-0.4, -0.2) is 36.5 Å². The number of hydrogen-bond donors (Lipinski definition) is 1. The topological polar surface area (TPSA) is 79.9 Å². The van der Waals surface area contributed by atoms with Gasteiger partial charge in [-0.3, -0.25) is 4.79 Å². The van der Waals surface area contributed by atoms with E-state index in [1.165, 1.54) is 0 Å². The highest BCUT2D eigenvalue weighted by molar-refractivity contribution is 5.94. The molecular formula is C18H22N4O. The lowest BCUT2D eigenvalue weighted by atomic mass is 10.0. The van der Waals surface area contributed by atoms with E-state index in [0.29, 0.717) is 18.4 Å². The summed E-state index contributed by atoms with van der Waals surface area (Å²) in [5.74, 6) is -0.0990. The van der Waals surface area contributed by atoms with E-state index in [4.69, 9.17) is 10.5 Å². The Balaban J connectivity index is 1.75. The molecule has 1 fully saturated rings. The van der Waals surface area contributed by atoms with Crippen LogP contribution in [0.3, 0.4) is 0 Å². The largest absolute Gasteiger partial charge is 0.349 e. The predicted octanol–water partition coefficient (Wildman–Crippen LogP) is 2.32. The number of nitrogens with zero attached hydrogens (tertiary/aromatic N) is 3. The van der Waals surface area contributed by atoms with Crippen molar-refractivity contribution in [1.29, 1.82) is 10.5 Å². The summed E-state index contributed by atoms with van der Waals surface area (Å²) >= 11 is 0. The normalized spacial score (nSPS) is 17.0. The third-order valence-corrected chi connectivity index (χ3v) is 4.22. The van der Waals surface area contributed by atoms with Crippen LogP contribution in [0.25, 0.3) is 0 Å². The Hall–Kier alpha value is -2.37. The molecule has 0 bridgehead atoms. The molecule has 1 atom stereocenters. The van der Waals surface area contributed by atoms with Crippen molar-refractivity contribution in [3.05, 3.63) is 35.9 Å². The maximum absolute atomic E-state index is 12.1. The summed E-state index contributed by atoms with van der Waals surface area (Å²) in [6, 6.07) is 13.8. The highest BCUT2D eigenvalue weighted by Crippen LogP contribution is 2.15. The van der Waals surface area contributed by atoms with Gasteiger partial charge >= 0.3 is 0 Å². The van der Waals surface area contributed by atoms with Crippen LogP contribution in [0.1, 0.15) is 36.0 Å². The summed E-state index contributed by atoms with van der Waals surface area (Å²) in [5, 5.41) is 20.8. The van der Waals surface area contributed by atoms with Gasteiger partial charge in [0.05, 0.1) is 18.1 Å². The molecule has 1 heterocycles. The maximum atomic E-state index is 12.1. The lowest BCUT2D eigenvalue weighted by molar-refractivity contribution is 0.0908. The number of rotatable bonds is 6. The van der Waals surface area contributed by atoms with Crippen LogP contribution < -0.4 is 5.32 Å². The number of likely N-dealkylation sites (tertiary alicyclic amines) is 1. The van der Waals surface area contributed by atoms with Crippen LogP contribution in [0, 0.1) is 28.6 Å². The molecule has 1 N–H and O–H groups in total. The maximum Gasteiger partial charge on any atom is 0.251 e. The van der Waals surface area contributed by atoms with Crippen molar-refractivity contribution in [2.24, 2.45) is 5.92 Å². The van der Waals surface area contributed by atoms with Gasteiger partial charge in [0.2, 0.25) is 0 Å². The summed E-state index contributed by atoms with van der Waals surface area (Å²) in [6.07, 6.45) is 2.86. The van der Waals surface area contributed by atoms with Crippen LogP contribution in [-0.2, 0) is 0 Å². The first-order chi connectivity index (χ1) is 11.2. The Kier molecular flexibility index (Phi) is 6.59. The summed E-state index contributed by atoms with van der Waals surface area (Å²) < 4.78 is 0. The van der Waals surface area contributed by atoms with E-state index in [1.807, 2.05) is 30.3 Å². The molecule has 0 saturated carbocycles. The molecule has 1 amide bonds. The third kappa shape index (κ3) is 5.39. The van der Waals surface area contributed by atoms with E-state index < -0.39 is 0 Å². The Morgan fingerprint density at radius 3 is 2.57 bits per heavy atom.